The van der Waals surface area contributed by atoms with E-state index in [2.05, 4.69) is 15.3 Å². The van der Waals surface area contributed by atoms with Gasteiger partial charge < -0.3 is 15.0 Å². The number of ether oxygens (including phenoxy) is 1. The van der Waals surface area contributed by atoms with Crippen LogP contribution in [0.5, 0.6) is 0 Å². The number of halogens is 4. The van der Waals surface area contributed by atoms with E-state index < -0.39 is 11.7 Å². The summed E-state index contributed by atoms with van der Waals surface area (Å²) in [5.74, 6) is 0.781. The number of aryl methyl sites for hydroxylation is 1. The number of hydrogen-bond acceptors (Lipinski definition) is 3. The molecule has 1 unspecified atom stereocenters. The number of morpholine rings is 1. The van der Waals surface area contributed by atoms with Crippen molar-refractivity contribution in [2.45, 2.75) is 43.9 Å². The number of alkyl halides is 3. The Balaban J connectivity index is 0.00000306. The second-order valence-corrected chi connectivity index (χ2v) is 8.64. The predicted octanol–water partition coefficient (Wildman–Crippen LogP) is 4.52. The highest BCUT2D eigenvalue weighted by Gasteiger charge is 2.40. The van der Waals surface area contributed by atoms with Gasteiger partial charge in [0.15, 0.2) is 5.96 Å². The summed E-state index contributed by atoms with van der Waals surface area (Å²) in [6, 6.07) is 5.75. The molecule has 1 N–H and O–H groups in total. The molecule has 0 amide bonds. The van der Waals surface area contributed by atoms with Gasteiger partial charge in [-0.2, -0.15) is 18.3 Å². The van der Waals surface area contributed by atoms with Gasteiger partial charge in [-0.1, -0.05) is 24.6 Å². The molecule has 1 saturated heterocycles. The van der Waals surface area contributed by atoms with Crippen LogP contribution in [0.25, 0.3) is 0 Å². The van der Waals surface area contributed by atoms with Crippen LogP contribution in [0.15, 0.2) is 41.7 Å². The average Bonchev–Trinajstić information content (AvgIpc) is 3.18. The number of rotatable bonds is 5. The van der Waals surface area contributed by atoms with Gasteiger partial charge in [0.05, 0.1) is 31.5 Å². The Bertz CT molecular complexity index is 958. The van der Waals surface area contributed by atoms with Crippen LogP contribution in [0.3, 0.4) is 0 Å². The van der Waals surface area contributed by atoms with Crippen LogP contribution in [-0.4, -0.2) is 53.4 Å². The van der Waals surface area contributed by atoms with Gasteiger partial charge in [0.2, 0.25) is 0 Å². The Morgan fingerprint density at radius 2 is 2.12 bits per heavy atom. The number of aliphatic imine (C=N–C) groups is 1. The Morgan fingerprint density at radius 3 is 2.73 bits per heavy atom. The van der Waals surface area contributed by atoms with Gasteiger partial charge in [0.1, 0.15) is 6.10 Å². The number of nitrogens with one attached hydrogen (secondary N) is 1. The molecule has 182 valence electrons. The van der Waals surface area contributed by atoms with E-state index in [0.29, 0.717) is 32.8 Å². The van der Waals surface area contributed by atoms with E-state index in [4.69, 9.17) is 9.73 Å². The summed E-state index contributed by atoms with van der Waals surface area (Å²) in [6.45, 7) is 5.12. The Kier molecular flexibility index (Phi) is 8.31. The first-order valence-corrected chi connectivity index (χ1v) is 11.1. The molecule has 0 bridgehead atoms. The van der Waals surface area contributed by atoms with E-state index in [1.807, 2.05) is 32.4 Å². The zero-order chi connectivity index (χ0) is 22.8. The molecule has 2 heterocycles. The standard InChI is InChI=1S/C23H30F3N5O.HI/c1-3-27-21(31-10-11-32-20(15-31)17-13-29-30(2)14-17)28-16-22(8-5-9-22)18-6-4-7-19(12-18)23(24,25)26;/h4,6-7,12-14,20H,3,5,8-11,15-16H2,1-2H3,(H,27,28);1H. The van der Waals surface area contributed by atoms with E-state index in [1.165, 1.54) is 12.1 Å². The lowest BCUT2D eigenvalue weighted by molar-refractivity contribution is -0.137. The van der Waals surface area contributed by atoms with Gasteiger partial charge in [0.25, 0.3) is 0 Å². The van der Waals surface area contributed by atoms with E-state index in [9.17, 15) is 13.2 Å². The second kappa shape index (κ2) is 10.6. The van der Waals surface area contributed by atoms with Crippen molar-refractivity contribution in [3.05, 3.63) is 53.3 Å². The van der Waals surface area contributed by atoms with Crippen molar-refractivity contribution in [1.29, 1.82) is 0 Å². The third-order valence-electron chi connectivity index (χ3n) is 6.44. The summed E-state index contributed by atoms with van der Waals surface area (Å²) in [5.41, 5.74) is 0.822. The zero-order valence-electron chi connectivity index (χ0n) is 18.9. The maximum absolute atomic E-state index is 13.3. The van der Waals surface area contributed by atoms with E-state index in [1.54, 1.807) is 4.68 Å². The number of nitrogens with zero attached hydrogens (tertiary/aromatic N) is 4. The normalized spacial score (nSPS) is 20.7. The van der Waals surface area contributed by atoms with Crippen molar-refractivity contribution in [2.24, 2.45) is 12.0 Å². The molecule has 2 fully saturated rings. The van der Waals surface area contributed by atoms with Crippen molar-refractivity contribution in [3.63, 3.8) is 0 Å². The van der Waals surface area contributed by atoms with Gasteiger partial charge in [-0.25, -0.2) is 0 Å². The fourth-order valence-electron chi connectivity index (χ4n) is 4.47. The van der Waals surface area contributed by atoms with Crippen molar-refractivity contribution < 1.29 is 17.9 Å². The van der Waals surface area contributed by atoms with E-state index in [0.717, 1.165) is 42.4 Å². The number of benzene rings is 1. The van der Waals surface area contributed by atoms with Crippen LogP contribution < -0.4 is 5.32 Å². The molecular formula is C23H31F3IN5O. The van der Waals surface area contributed by atoms with Gasteiger partial charge in [-0.05, 0) is 31.4 Å². The lowest BCUT2D eigenvalue weighted by atomic mass is 9.64. The maximum Gasteiger partial charge on any atom is 0.416 e. The summed E-state index contributed by atoms with van der Waals surface area (Å²) in [4.78, 5) is 7.08. The molecule has 1 saturated carbocycles. The zero-order valence-corrected chi connectivity index (χ0v) is 21.3. The molecular weight excluding hydrogens is 546 g/mol. The molecule has 4 rings (SSSR count). The maximum atomic E-state index is 13.3. The minimum atomic E-state index is -4.34. The van der Waals surface area contributed by atoms with Crippen molar-refractivity contribution in [1.82, 2.24) is 20.0 Å². The van der Waals surface area contributed by atoms with Crippen LogP contribution in [-0.2, 0) is 23.4 Å². The van der Waals surface area contributed by atoms with Crippen LogP contribution in [0.2, 0.25) is 0 Å². The van der Waals surface area contributed by atoms with Gasteiger partial charge in [-0.3, -0.25) is 9.67 Å². The number of aromatic nitrogens is 2. The summed E-state index contributed by atoms with van der Waals surface area (Å²) >= 11 is 0. The number of guanidine groups is 1. The summed E-state index contributed by atoms with van der Waals surface area (Å²) < 4.78 is 47.5. The molecule has 2 aliphatic rings. The topological polar surface area (TPSA) is 54.7 Å². The molecule has 1 atom stereocenters. The quantitative estimate of drug-likeness (QED) is 0.323. The van der Waals surface area contributed by atoms with Gasteiger partial charge in [-0.15, -0.1) is 24.0 Å². The lowest BCUT2D eigenvalue weighted by Gasteiger charge is -2.42. The summed E-state index contributed by atoms with van der Waals surface area (Å²) in [7, 11) is 1.88. The fourth-order valence-corrected chi connectivity index (χ4v) is 4.47. The van der Waals surface area contributed by atoms with Crippen LogP contribution >= 0.6 is 24.0 Å². The molecule has 1 aliphatic carbocycles. The lowest BCUT2D eigenvalue weighted by Crippen LogP contribution is -2.49. The monoisotopic (exact) mass is 577 g/mol. The van der Waals surface area contributed by atoms with Crippen LogP contribution in [0.1, 0.15) is 49.0 Å². The SMILES string of the molecule is CCNC(=NCC1(c2cccc(C(F)(F)F)c2)CCC1)N1CCOC(c2cnn(C)c2)C1.I. The Hall–Kier alpha value is -1.82. The second-order valence-electron chi connectivity index (χ2n) is 8.64. The average molecular weight is 577 g/mol. The molecule has 6 nitrogen and oxygen atoms in total. The summed E-state index contributed by atoms with van der Waals surface area (Å²) in [5, 5.41) is 7.59. The molecule has 1 aromatic heterocycles. The minimum Gasteiger partial charge on any atom is -0.370 e. The smallest absolute Gasteiger partial charge is 0.370 e. The first kappa shape index (κ1) is 25.8. The van der Waals surface area contributed by atoms with Crippen molar-refractivity contribution in [3.8, 4) is 0 Å². The summed E-state index contributed by atoms with van der Waals surface area (Å²) in [6.07, 6.45) is 2.03. The van der Waals surface area contributed by atoms with Gasteiger partial charge >= 0.3 is 6.18 Å². The Morgan fingerprint density at radius 1 is 1.33 bits per heavy atom. The minimum absolute atomic E-state index is 0. The largest absolute Gasteiger partial charge is 0.416 e. The molecule has 33 heavy (non-hydrogen) atoms. The molecule has 0 radical (unpaired) electrons. The van der Waals surface area contributed by atoms with Crippen molar-refractivity contribution >= 4 is 29.9 Å². The first-order valence-electron chi connectivity index (χ1n) is 11.1. The Labute approximate surface area is 209 Å². The molecule has 10 heteroatoms. The van der Waals surface area contributed by atoms with Crippen LogP contribution in [0, 0.1) is 0 Å². The van der Waals surface area contributed by atoms with Gasteiger partial charge in [0, 0.05) is 37.3 Å². The fraction of sp³-hybridized carbons (Fsp3) is 0.565. The number of hydrogen-bond donors (Lipinski definition) is 1. The van der Waals surface area contributed by atoms with Crippen LogP contribution in [0.4, 0.5) is 13.2 Å². The highest BCUT2D eigenvalue weighted by Crippen LogP contribution is 2.45. The molecule has 1 aliphatic heterocycles. The third-order valence-corrected chi connectivity index (χ3v) is 6.44. The predicted molar refractivity (Wildman–Crippen MR) is 132 cm³/mol. The molecule has 0 spiro atoms. The third kappa shape index (κ3) is 5.82. The molecule has 1 aromatic carbocycles. The van der Waals surface area contributed by atoms with E-state index in [-0.39, 0.29) is 35.5 Å². The first-order chi connectivity index (χ1) is 15.3. The highest BCUT2D eigenvalue weighted by molar-refractivity contribution is 14.0. The van der Waals surface area contributed by atoms with Crippen molar-refractivity contribution in [2.75, 3.05) is 32.8 Å². The highest BCUT2D eigenvalue weighted by atomic mass is 127. The molecule has 2 aromatic rings. The van der Waals surface area contributed by atoms with E-state index >= 15 is 0 Å².